The lowest BCUT2D eigenvalue weighted by atomic mass is 9.76. The molecule has 0 spiro atoms. The average molecular weight is 589 g/mol. The highest BCUT2D eigenvalue weighted by atomic mass is 35.5. The summed E-state index contributed by atoms with van der Waals surface area (Å²) in [4.78, 5) is 13.3. The van der Waals surface area contributed by atoms with Gasteiger partial charge < -0.3 is 14.6 Å². The fourth-order valence-electron chi connectivity index (χ4n) is 4.88. The van der Waals surface area contributed by atoms with Gasteiger partial charge in [0, 0.05) is 30.4 Å². The van der Waals surface area contributed by atoms with Crippen molar-refractivity contribution in [3.05, 3.63) is 88.7 Å². The van der Waals surface area contributed by atoms with Crippen LogP contribution in [0.25, 0.3) is 17.1 Å². The fraction of sp³-hybridized carbons (Fsp3) is 0.429. The average Bonchev–Trinajstić information content (AvgIpc) is 3.61. The summed E-state index contributed by atoms with van der Waals surface area (Å²) in [5, 5.41) is 8.47. The van der Waals surface area contributed by atoms with Crippen molar-refractivity contribution in [2.45, 2.75) is 78.1 Å². The molecule has 7 heteroatoms. The van der Waals surface area contributed by atoms with Crippen molar-refractivity contribution >= 4 is 17.5 Å². The minimum absolute atomic E-state index is 0.0223. The van der Waals surface area contributed by atoms with Crippen LogP contribution in [0.1, 0.15) is 88.8 Å². The Bertz CT molecular complexity index is 1500. The minimum atomic E-state index is -0.167. The van der Waals surface area contributed by atoms with Gasteiger partial charge in [-0.25, -0.2) is 4.68 Å². The Hall–Kier alpha value is -3.51. The molecular formula is C35H45ClN4O2. The summed E-state index contributed by atoms with van der Waals surface area (Å²) in [6.07, 6.45) is 5.71. The summed E-state index contributed by atoms with van der Waals surface area (Å²) >= 11 is 6.10. The summed E-state index contributed by atoms with van der Waals surface area (Å²) in [6.45, 7) is 14.8. The van der Waals surface area contributed by atoms with Gasteiger partial charge in [0.15, 0.2) is 0 Å². The molecule has 6 nitrogen and oxygen atoms in total. The van der Waals surface area contributed by atoms with Crippen LogP contribution in [0, 0.1) is 0 Å². The zero-order valence-electron chi connectivity index (χ0n) is 26.1. The third-order valence-corrected chi connectivity index (χ3v) is 8.84. The molecule has 0 fully saturated rings. The topological polar surface area (TPSA) is 61.1 Å². The number of carbonyl (C=O) groups is 1. The number of benzene rings is 2. The molecule has 1 amide bonds. The van der Waals surface area contributed by atoms with E-state index in [1.807, 2.05) is 48.1 Å². The normalized spacial score (nSPS) is 12.0. The first kappa shape index (κ1) is 31.4. The molecule has 1 N–H and O–H groups in total. The van der Waals surface area contributed by atoms with Gasteiger partial charge >= 0.3 is 0 Å². The molecule has 224 valence electrons. The van der Waals surface area contributed by atoms with Gasteiger partial charge in [0.25, 0.3) is 5.91 Å². The first-order valence-corrected chi connectivity index (χ1v) is 15.4. The Morgan fingerprint density at radius 2 is 1.67 bits per heavy atom. The number of hydrogen-bond donors (Lipinski definition) is 1. The van der Waals surface area contributed by atoms with Gasteiger partial charge in [-0.3, -0.25) is 4.79 Å². The SMILES string of the molecule is CCC(C)(C)c1ccc(OCCCCNC(=O)c2cc(-c3cccn3C)nn2-c2ccc(Cl)cc2)c(C(C)(C)CC)c1. The molecule has 0 saturated carbocycles. The van der Waals surface area contributed by atoms with Crippen LogP contribution in [0.3, 0.4) is 0 Å². The van der Waals surface area contributed by atoms with Crippen LogP contribution in [-0.2, 0) is 17.9 Å². The molecule has 2 heterocycles. The Balaban J connectivity index is 1.39. The number of nitrogens with zero attached hydrogens (tertiary/aromatic N) is 3. The molecule has 4 aromatic rings. The highest BCUT2D eigenvalue weighted by Gasteiger charge is 2.26. The number of halogens is 1. The van der Waals surface area contributed by atoms with Crippen molar-refractivity contribution in [2.24, 2.45) is 7.05 Å². The summed E-state index contributed by atoms with van der Waals surface area (Å²) in [5.41, 5.74) is 5.69. The van der Waals surface area contributed by atoms with Gasteiger partial charge in [0.05, 0.1) is 18.0 Å². The lowest BCUT2D eigenvalue weighted by molar-refractivity contribution is 0.0944. The van der Waals surface area contributed by atoms with Crippen molar-refractivity contribution in [1.82, 2.24) is 19.7 Å². The van der Waals surface area contributed by atoms with E-state index in [0.717, 1.165) is 48.5 Å². The van der Waals surface area contributed by atoms with Crippen LogP contribution < -0.4 is 10.1 Å². The molecular weight excluding hydrogens is 544 g/mol. The Morgan fingerprint density at radius 3 is 2.31 bits per heavy atom. The summed E-state index contributed by atoms with van der Waals surface area (Å²) < 4.78 is 9.99. The summed E-state index contributed by atoms with van der Waals surface area (Å²) in [6, 6.07) is 19.8. The number of nitrogens with one attached hydrogen (secondary N) is 1. The van der Waals surface area contributed by atoms with Crippen molar-refractivity contribution < 1.29 is 9.53 Å². The van der Waals surface area contributed by atoms with E-state index in [4.69, 9.17) is 21.4 Å². The van der Waals surface area contributed by atoms with Crippen LogP contribution in [0.5, 0.6) is 5.75 Å². The quantitative estimate of drug-likeness (QED) is 0.159. The molecule has 2 aromatic carbocycles. The van der Waals surface area contributed by atoms with E-state index in [9.17, 15) is 4.79 Å². The number of aromatic nitrogens is 3. The van der Waals surface area contributed by atoms with Crippen LogP contribution >= 0.6 is 11.6 Å². The van der Waals surface area contributed by atoms with Crippen molar-refractivity contribution in [2.75, 3.05) is 13.2 Å². The second-order valence-corrected chi connectivity index (χ2v) is 12.7. The predicted octanol–water partition coefficient (Wildman–Crippen LogP) is 8.50. The van der Waals surface area contributed by atoms with E-state index in [2.05, 4.69) is 65.1 Å². The molecule has 2 aromatic heterocycles. The second kappa shape index (κ2) is 13.2. The van der Waals surface area contributed by atoms with E-state index in [1.165, 1.54) is 11.1 Å². The number of hydrogen-bond acceptors (Lipinski definition) is 3. The molecule has 0 unspecified atom stereocenters. The Morgan fingerprint density at radius 1 is 0.952 bits per heavy atom. The molecule has 0 radical (unpaired) electrons. The standard InChI is InChI=1S/C35H45ClN4O2/c1-8-34(3,4)25-14-19-32(28(23-25)35(5,6)9-2)42-22-11-10-20-37-33(41)31-24-29(30-13-12-21-39(30)7)38-40(31)27-17-15-26(36)16-18-27/h12-19,21,23-24H,8-11,20,22H2,1-7H3,(H,37,41). The third-order valence-electron chi connectivity index (χ3n) is 8.59. The molecule has 0 aliphatic heterocycles. The summed E-state index contributed by atoms with van der Waals surface area (Å²) in [7, 11) is 1.96. The van der Waals surface area contributed by atoms with Crippen molar-refractivity contribution in [3.63, 3.8) is 0 Å². The summed E-state index contributed by atoms with van der Waals surface area (Å²) in [5.74, 6) is 0.793. The van der Waals surface area contributed by atoms with Gasteiger partial charge in [-0.05, 0) is 90.6 Å². The maximum Gasteiger partial charge on any atom is 0.270 e. The van der Waals surface area contributed by atoms with E-state index in [-0.39, 0.29) is 16.7 Å². The van der Waals surface area contributed by atoms with Gasteiger partial charge in [0.1, 0.15) is 17.1 Å². The molecule has 42 heavy (non-hydrogen) atoms. The van der Waals surface area contributed by atoms with Gasteiger partial charge in [-0.15, -0.1) is 0 Å². The monoisotopic (exact) mass is 588 g/mol. The van der Waals surface area contributed by atoms with E-state index in [1.54, 1.807) is 16.8 Å². The van der Waals surface area contributed by atoms with Crippen molar-refractivity contribution in [3.8, 4) is 22.8 Å². The van der Waals surface area contributed by atoms with Crippen LogP contribution in [-0.4, -0.2) is 33.4 Å². The Kier molecular flexibility index (Phi) is 9.88. The molecule has 0 atom stereocenters. The van der Waals surface area contributed by atoms with Crippen molar-refractivity contribution in [1.29, 1.82) is 0 Å². The first-order valence-electron chi connectivity index (χ1n) is 15.0. The largest absolute Gasteiger partial charge is 0.493 e. The predicted molar refractivity (Wildman–Crippen MR) is 173 cm³/mol. The first-order chi connectivity index (χ1) is 20.0. The lowest BCUT2D eigenvalue weighted by Crippen LogP contribution is -2.27. The smallest absolute Gasteiger partial charge is 0.270 e. The second-order valence-electron chi connectivity index (χ2n) is 12.3. The van der Waals surface area contributed by atoms with Gasteiger partial charge in [0.2, 0.25) is 0 Å². The maximum absolute atomic E-state index is 13.3. The number of aryl methyl sites for hydroxylation is 1. The number of ether oxygens (including phenoxy) is 1. The van der Waals surface area contributed by atoms with Crippen LogP contribution in [0.4, 0.5) is 0 Å². The maximum atomic E-state index is 13.3. The highest BCUT2D eigenvalue weighted by molar-refractivity contribution is 6.30. The number of carbonyl (C=O) groups excluding carboxylic acids is 1. The lowest BCUT2D eigenvalue weighted by Gasteiger charge is -2.30. The number of unbranched alkanes of at least 4 members (excludes halogenated alkanes) is 1. The fourth-order valence-corrected chi connectivity index (χ4v) is 5.00. The van der Waals surface area contributed by atoms with E-state index >= 15 is 0 Å². The van der Waals surface area contributed by atoms with Gasteiger partial charge in [-0.1, -0.05) is 65.3 Å². The molecule has 0 aliphatic carbocycles. The van der Waals surface area contributed by atoms with Crippen LogP contribution in [0.2, 0.25) is 5.02 Å². The van der Waals surface area contributed by atoms with E-state index in [0.29, 0.717) is 23.9 Å². The Labute approximate surface area is 256 Å². The minimum Gasteiger partial charge on any atom is -0.493 e. The number of amides is 1. The zero-order valence-corrected chi connectivity index (χ0v) is 26.9. The van der Waals surface area contributed by atoms with Gasteiger partial charge in [-0.2, -0.15) is 5.10 Å². The van der Waals surface area contributed by atoms with Crippen LogP contribution in [0.15, 0.2) is 66.9 Å². The third kappa shape index (κ3) is 7.09. The highest BCUT2D eigenvalue weighted by Crippen LogP contribution is 2.38. The molecule has 4 rings (SSSR count). The molecule has 0 aliphatic rings. The number of rotatable bonds is 13. The van der Waals surface area contributed by atoms with E-state index < -0.39 is 0 Å². The molecule has 0 bridgehead atoms. The zero-order chi connectivity index (χ0) is 30.5. The molecule has 0 saturated heterocycles.